The van der Waals surface area contributed by atoms with E-state index in [9.17, 15) is 9.59 Å². The lowest BCUT2D eigenvalue weighted by atomic mass is 10.0. The molecule has 1 amide bonds. The largest absolute Gasteiger partial charge is 0.459 e. The average Bonchev–Trinajstić information content (AvgIpc) is 2.97. The number of aromatic nitrogens is 3. The van der Waals surface area contributed by atoms with Crippen molar-refractivity contribution >= 4 is 11.9 Å². The molecule has 0 spiro atoms. The number of rotatable bonds is 6. The molecule has 0 saturated carbocycles. The Bertz CT molecular complexity index is 861. The molecule has 148 valence electrons. The Hall–Kier alpha value is -2.57. The van der Waals surface area contributed by atoms with Crippen LogP contribution in [-0.2, 0) is 18.2 Å². The molecule has 0 fully saturated rings. The van der Waals surface area contributed by atoms with E-state index in [0.717, 1.165) is 17.0 Å². The van der Waals surface area contributed by atoms with Crippen LogP contribution in [0.5, 0.6) is 0 Å². The molecule has 2 N–H and O–H groups in total. The third kappa shape index (κ3) is 4.40. The maximum atomic E-state index is 12.7. The first kappa shape index (κ1) is 20.7. The molecule has 0 aromatic carbocycles. The number of nitrogens with zero attached hydrogens (tertiary/aromatic N) is 2. The number of hydrogen-bond acceptors (Lipinski definition) is 4. The van der Waals surface area contributed by atoms with Crippen LogP contribution in [0.3, 0.4) is 0 Å². The zero-order chi connectivity index (χ0) is 20.5. The predicted molar refractivity (Wildman–Crippen MR) is 104 cm³/mol. The van der Waals surface area contributed by atoms with Gasteiger partial charge in [-0.25, -0.2) is 4.79 Å². The Morgan fingerprint density at radius 2 is 1.81 bits per heavy atom. The quantitative estimate of drug-likeness (QED) is 0.761. The SMILES string of the molecule is Cc1nn(C)c(C)c1C[C@H](C)NC(=O)c1[nH]c(C)c(C(=O)OC(C)C)c1C. The first-order valence-corrected chi connectivity index (χ1v) is 9.23. The number of aromatic amines is 1. The fourth-order valence-corrected chi connectivity index (χ4v) is 3.32. The Kier molecular flexibility index (Phi) is 6.13. The van der Waals surface area contributed by atoms with Gasteiger partial charge < -0.3 is 15.0 Å². The van der Waals surface area contributed by atoms with Crippen LogP contribution in [0.15, 0.2) is 0 Å². The van der Waals surface area contributed by atoms with Crippen LogP contribution < -0.4 is 5.32 Å². The van der Waals surface area contributed by atoms with Gasteiger partial charge in [0.1, 0.15) is 5.69 Å². The highest BCUT2D eigenvalue weighted by Crippen LogP contribution is 2.20. The number of carbonyl (C=O) groups excluding carboxylic acids is 2. The summed E-state index contributed by atoms with van der Waals surface area (Å²) < 4.78 is 7.13. The predicted octanol–water partition coefficient (Wildman–Crippen LogP) is 2.91. The first-order chi connectivity index (χ1) is 12.5. The summed E-state index contributed by atoms with van der Waals surface area (Å²) in [6.07, 6.45) is 0.479. The second-order valence-corrected chi connectivity index (χ2v) is 7.43. The number of hydrogen-bond donors (Lipinski definition) is 2. The molecule has 2 aromatic heterocycles. The van der Waals surface area contributed by atoms with E-state index in [-0.39, 0.29) is 18.1 Å². The number of nitrogens with one attached hydrogen (secondary N) is 2. The summed E-state index contributed by atoms with van der Waals surface area (Å²) in [6, 6.07) is -0.0758. The fraction of sp³-hybridized carbons (Fsp3) is 0.550. The summed E-state index contributed by atoms with van der Waals surface area (Å²) >= 11 is 0. The summed E-state index contributed by atoms with van der Waals surface area (Å²) in [5.41, 5.74) is 5.29. The van der Waals surface area contributed by atoms with Gasteiger partial charge in [-0.3, -0.25) is 9.48 Å². The zero-order valence-electron chi connectivity index (χ0n) is 17.5. The first-order valence-electron chi connectivity index (χ1n) is 9.23. The third-order valence-corrected chi connectivity index (χ3v) is 4.76. The van der Waals surface area contributed by atoms with Crippen LogP contribution >= 0.6 is 0 Å². The maximum Gasteiger partial charge on any atom is 0.340 e. The third-order valence-electron chi connectivity index (χ3n) is 4.76. The van der Waals surface area contributed by atoms with Crippen LogP contribution in [0.1, 0.15) is 69.8 Å². The lowest BCUT2D eigenvalue weighted by molar-refractivity contribution is 0.0376. The normalized spacial score (nSPS) is 12.3. The van der Waals surface area contributed by atoms with Crippen molar-refractivity contribution in [1.29, 1.82) is 0 Å². The zero-order valence-corrected chi connectivity index (χ0v) is 17.5. The van der Waals surface area contributed by atoms with Crippen molar-refractivity contribution in [3.05, 3.63) is 39.5 Å². The van der Waals surface area contributed by atoms with Crippen molar-refractivity contribution in [2.75, 3.05) is 0 Å². The molecule has 0 saturated heterocycles. The average molecular weight is 374 g/mol. The molecule has 7 heteroatoms. The van der Waals surface area contributed by atoms with E-state index in [2.05, 4.69) is 15.4 Å². The van der Waals surface area contributed by atoms with Crippen molar-refractivity contribution in [2.24, 2.45) is 7.05 Å². The van der Waals surface area contributed by atoms with E-state index in [1.54, 1.807) is 27.7 Å². The van der Waals surface area contributed by atoms with Crippen LogP contribution in [-0.4, -0.2) is 38.8 Å². The lowest BCUT2D eigenvalue weighted by Crippen LogP contribution is -2.35. The molecular weight excluding hydrogens is 344 g/mol. The van der Waals surface area contributed by atoms with Gasteiger partial charge in [0.25, 0.3) is 5.91 Å². The van der Waals surface area contributed by atoms with Gasteiger partial charge >= 0.3 is 5.97 Å². The summed E-state index contributed by atoms with van der Waals surface area (Å²) in [6.45, 7) is 13.1. The number of ether oxygens (including phenoxy) is 1. The van der Waals surface area contributed by atoms with Crippen LogP contribution in [0.4, 0.5) is 0 Å². The lowest BCUT2D eigenvalue weighted by Gasteiger charge is -2.14. The Morgan fingerprint density at radius 3 is 2.33 bits per heavy atom. The molecule has 7 nitrogen and oxygen atoms in total. The highest BCUT2D eigenvalue weighted by atomic mass is 16.5. The van der Waals surface area contributed by atoms with Crippen molar-refractivity contribution in [3.63, 3.8) is 0 Å². The summed E-state index contributed by atoms with van der Waals surface area (Å²) in [5.74, 6) is -0.643. The van der Waals surface area contributed by atoms with Crippen LogP contribution in [0.25, 0.3) is 0 Å². The van der Waals surface area contributed by atoms with Gasteiger partial charge in [0.15, 0.2) is 0 Å². The van der Waals surface area contributed by atoms with Crippen molar-refractivity contribution in [3.8, 4) is 0 Å². The van der Waals surface area contributed by atoms with E-state index >= 15 is 0 Å². The number of aryl methyl sites for hydroxylation is 3. The van der Waals surface area contributed by atoms with E-state index in [1.807, 2.05) is 32.5 Å². The van der Waals surface area contributed by atoms with E-state index in [1.165, 1.54) is 0 Å². The molecule has 2 rings (SSSR count). The van der Waals surface area contributed by atoms with E-state index in [0.29, 0.717) is 28.9 Å². The number of carbonyl (C=O) groups is 2. The van der Waals surface area contributed by atoms with Crippen molar-refractivity contribution in [2.45, 2.75) is 67.0 Å². The minimum atomic E-state index is -0.412. The molecule has 0 unspecified atom stereocenters. The molecular formula is C20H30N4O3. The summed E-state index contributed by atoms with van der Waals surface area (Å²) in [7, 11) is 1.91. The maximum absolute atomic E-state index is 12.7. The van der Waals surface area contributed by atoms with Gasteiger partial charge in [0, 0.05) is 24.5 Å². The highest BCUT2D eigenvalue weighted by molar-refractivity contribution is 6.00. The van der Waals surface area contributed by atoms with Gasteiger partial charge in [0.05, 0.1) is 17.4 Å². The van der Waals surface area contributed by atoms with Gasteiger partial charge in [-0.2, -0.15) is 5.10 Å². The second-order valence-electron chi connectivity index (χ2n) is 7.43. The molecule has 2 aromatic rings. The van der Waals surface area contributed by atoms with Crippen molar-refractivity contribution < 1.29 is 14.3 Å². The number of H-pyrrole nitrogens is 1. The van der Waals surface area contributed by atoms with Gasteiger partial charge in [-0.15, -0.1) is 0 Å². The van der Waals surface area contributed by atoms with E-state index < -0.39 is 5.97 Å². The summed E-state index contributed by atoms with van der Waals surface area (Å²) in [5, 5.41) is 7.43. The summed E-state index contributed by atoms with van der Waals surface area (Å²) in [4.78, 5) is 28.1. The standard InChI is InChI=1S/C20H30N4O3/c1-10(2)27-20(26)17-12(4)18(22-14(17)6)19(25)21-11(3)9-16-13(5)23-24(8)15(16)7/h10-11,22H,9H2,1-8H3,(H,21,25)/t11-/m0/s1. The van der Waals surface area contributed by atoms with Crippen molar-refractivity contribution in [1.82, 2.24) is 20.1 Å². The molecule has 0 radical (unpaired) electrons. The van der Waals surface area contributed by atoms with Gasteiger partial charge in [-0.05, 0) is 66.0 Å². The number of amides is 1. The molecule has 0 bridgehead atoms. The fourth-order valence-electron chi connectivity index (χ4n) is 3.32. The molecule has 1 atom stereocenters. The molecule has 0 aliphatic rings. The van der Waals surface area contributed by atoms with Crippen LogP contribution in [0, 0.1) is 27.7 Å². The Morgan fingerprint density at radius 1 is 1.19 bits per heavy atom. The topological polar surface area (TPSA) is 89.0 Å². The molecule has 27 heavy (non-hydrogen) atoms. The highest BCUT2D eigenvalue weighted by Gasteiger charge is 2.24. The van der Waals surface area contributed by atoms with Crippen LogP contribution in [0.2, 0.25) is 0 Å². The van der Waals surface area contributed by atoms with Gasteiger partial charge in [-0.1, -0.05) is 0 Å². The Labute approximate surface area is 160 Å². The molecule has 2 heterocycles. The second kappa shape index (κ2) is 7.98. The molecule has 0 aliphatic heterocycles. The van der Waals surface area contributed by atoms with Gasteiger partial charge in [0.2, 0.25) is 0 Å². The minimum absolute atomic E-state index is 0.0758. The Balaban J connectivity index is 2.15. The smallest absolute Gasteiger partial charge is 0.340 e. The minimum Gasteiger partial charge on any atom is -0.459 e. The van der Waals surface area contributed by atoms with E-state index in [4.69, 9.17) is 4.74 Å². The monoisotopic (exact) mass is 374 g/mol. The number of esters is 1. The molecule has 0 aliphatic carbocycles.